The van der Waals surface area contributed by atoms with Crippen LogP contribution in [0.2, 0.25) is 0 Å². The highest BCUT2D eigenvalue weighted by molar-refractivity contribution is 7.98. The van der Waals surface area contributed by atoms with E-state index in [9.17, 15) is 8.42 Å². The number of hydrogen-bond acceptors (Lipinski definition) is 6. The van der Waals surface area contributed by atoms with E-state index in [4.69, 9.17) is 0 Å². The molecule has 1 unspecified atom stereocenters. The van der Waals surface area contributed by atoms with E-state index in [1.165, 1.54) is 4.31 Å². The maximum absolute atomic E-state index is 13.0. The summed E-state index contributed by atoms with van der Waals surface area (Å²) in [6.07, 6.45) is 4.60. The van der Waals surface area contributed by atoms with Gasteiger partial charge in [0.25, 0.3) is 0 Å². The fraction of sp³-hybridized carbons (Fsp3) is 0.476. The molecule has 0 saturated heterocycles. The molecular weight excluding hydrogens is 432 g/mol. The lowest BCUT2D eigenvalue weighted by atomic mass is 10.2. The summed E-state index contributed by atoms with van der Waals surface area (Å²) in [5.41, 5.74) is 0.741. The normalized spacial score (nSPS) is 13.1. The van der Waals surface area contributed by atoms with E-state index >= 15 is 0 Å². The van der Waals surface area contributed by atoms with Crippen LogP contribution in [-0.4, -0.2) is 50.1 Å². The molecule has 2 heterocycles. The van der Waals surface area contributed by atoms with Crippen molar-refractivity contribution in [2.45, 2.75) is 56.0 Å². The second-order valence-corrected chi connectivity index (χ2v) is 10.2. The fourth-order valence-corrected chi connectivity index (χ4v) is 5.87. The van der Waals surface area contributed by atoms with Gasteiger partial charge in [-0.05, 0) is 25.5 Å². The number of hydrogen-bond donors (Lipinski definition) is 0. The summed E-state index contributed by atoms with van der Waals surface area (Å²) >= 11 is 1.58. The van der Waals surface area contributed by atoms with Crippen LogP contribution in [0.4, 0.5) is 0 Å². The quantitative estimate of drug-likeness (QED) is 0.424. The van der Waals surface area contributed by atoms with E-state index in [0.29, 0.717) is 24.7 Å². The summed E-state index contributed by atoms with van der Waals surface area (Å²) in [6.45, 7) is 8.78. The minimum atomic E-state index is -3.55. The minimum absolute atomic E-state index is 0.164. The Kier molecular flexibility index (Phi) is 7.55. The Balaban J connectivity index is 1.99. The van der Waals surface area contributed by atoms with Gasteiger partial charge >= 0.3 is 0 Å². The highest BCUT2D eigenvalue weighted by Crippen LogP contribution is 2.31. The van der Waals surface area contributed by atoms with Crippen LogP contribution in [-0.2, 0) is 22.8 Å². The van der Waals surface area contributed by atoms with Gasteiger partial charge in [0.1, 0.15) is 5.82 Å². The Morgan fingerprint density at radius 3 is 2.52 bits per heavy atom. The highest BCUT2D eigenvalue weighted by Gasteiger charge is 2.24. The summed E-state index contributed by atoms with van der Waals surface area (Å²) < 4.78 is 31.5. The zero-order valence-corrected chi connectivity index (χ0v) is 20.3. The van der Waals surface area contributed by atoms with Crippen molar-refractivity contribution in [1.82, 2.24) is 28.6 Å². The monoisotopic (exact) mass is 462 g/mol. The summed E-state index contributed by atoms with van der Waals surface area (Å²) in [5, 5.41) is 9.67. The predicted molar refractivity (Wildman–Crippen MR) is 123 cm³/mol. The molecule has 10 heteroatoms. The summed E-state index contributed by atoms with van der Waals surface area (Å²) in [5.74, 6) is 2.31. The molecule has 0 amide bonds. The molecule has 168 valence electrons. The van der Waals surface area contributed by atoms with Gasteiger partial charge in [0.05, 0.1) is 10.6 Å². The van der Waals surface area contributed by atoms with Crippen LogP contribution in [0.15, 0.2) is 46.7 Å². The predicted octanol–water partition coefficient (Wildman–Crippen LogP) is 3.97. The Morgan fingerprint density at radius 2 is 1.90 bits per heavy atom. The molecule has 8 nitrogen and oxygen atoms in total. The van der Waals surface area contributed by atoms with Crippen LogP contribution in [0.3, 0.4) is 0 Å². The summed E-state index contributed by atoms with van der Waals surface area (Å²) in [6, 6.07) is 7.15. The van der Waals surface area contributed by atoms with Gasteiger partial charge in [0.15, 0.2) is 11.0 Å². The van der Waals surface area contributed by atoms with Crippen molar-refractivity contribution >= 4 is 21.8 Å². The third-order valence-electron chi connectivity index (χ3n) is 5.38. The van der Waals surface area contributed by atoms with Gasteiger partial charge in [-0.3, -0.25) is 4.57 Å². The molecule has 3 aromatic rings. The van der Waals surface area contributed by atoms with Crippen LogP contribution in [0.1, 0.15) is 46.0 Å². The van der Waals surface area contributed by atoms with E-state index in [1.54, 1.807) is 36.2 Å². The number of nitrogens with zero attached hydrogens (tertiary/aromatic N) is 6. The second-order valence-electron chi connectivity index (χ2n) is 7.29. The number of aromatic nitrogens is 5. The first kappa shape index (κ1) is 23.5. The van der Waals surface area contributed by atoms with E-state index in [1.807, 2.05) is 37.7 Å². The molecule has 0 fully saturated rings. The van der Waals surface area contributed by atoms with Gasteiger partial charge in [0, 0.05) is 44.1 Å². The maximum Gasteiger partial charge on any atom is 0.243 e. The Labute approximate surface area is 188 Å². The first-order valence-electron chi connectivity index (χ1n) is 10.5. The molecule has 0 aliphatic heterocycles. The summed E-state index contributed by atoms with van der Waals surface area (Å²) in [4.78, 5) is 4.65. The third kappa shape index (κ3) is 4.86. The molecule has 0 aliphatic rings. The molecule has 2 aromatic heterocycles. The molecule has 1 atom stereocenters. The first-order valence-corrected chi connectivity index (χ1v) is 12.9. The molecule has 0 radical (unpaired) electrons. The van der Waals surface area contributed by atoms with Gasteiger partial charge in [-0.25, -0.2) is 13.4 Å². The number of sulfonamides is 1. The van der Waals surface area contributed by atoms with Crippen molar-refractivity contribution in [3.05, 3.63) is 42.5 Å². The average molecular weight is 463 g/mol. The first-order chi connectivity index (χ1) is 14.8. The number of benzene rings is 1. The molecule has 0 spiro atoms. The van der Waals surface area contributed by atoms with Crippen molar-refractivity contribution in [3.8, 4) is 11.4 Å². The zero-order valence-electron chi connectivity index (χ0n) is 18.7. The van der Waals surface area contributed by atoms with Crippen molar-refractivity contribution in [2.24, 2.45) is 7.05 Å². The highest BCUT2D eigenvalue weighted by atomic mass is 32.2. The maximum atomic E-state index is 13.0. The minimum Gasteiger partial charge on any atom is -0.337 e. The SMILES string of the molecule is CCC(C)n1c(SCc2nccn2C)nnc1-c1cccc(S(=O)(=O)N(CC)CC)c1. The Bertz CT molecular complexity index is 1120. The third-order valence-corrected chi connectivity index (χ3v) is 8.37. The molecule has 3 rings (SSSR count). The number of thioether (sulfide) groups is 1. The zero-order chi connectivity index (χ0) is 22.6. The molecule has 0 aliphatic carbocycles. The van der Waals surface area contributed by atoms with E-state index < -0.39 is 10.0 Å². The smallest absolute Gasteiger partial charge is 0.243 e. The van der Waals surface area contributed by atoms with E-state index in [-0.39, 0.29) is 10.9 Å². The van der Waals surface area contributed by atoms with Gasteiger partial charge in [-0.2, -0.15) is 4.31 Å². The lowest BCUT2D eigenvalue weighted by Gasteiger charge is -2.19. The standard InChI is InChI=1S/C21H30N6O2S2/c1-6-16(4)27-20(23-24-21(27)30-15-19-22-12-13-25(19)5)17-10-9-11-18(14-17)31(28,29)26(7-2)8-3/h9-14,16H,6-8,15H2,1-5H3. The summed E-state index contributed by atoms with van der Waals surface area (Å²) in [7, 11) is -1.58. The van der Waals surface area contributed by atoms with E-state index in [2.05, 4.69) is 33.6 Å². The molecular formula is C21H30N6O2S2. The number of aryl methyl sites for hydroxylation is 1. The van der Waals surface area contributed by atoms with Gasteiger partial charge < -0.3 is 4.57 Å². The van der Waals surface area contributed by atoms with Crippen molar-refractivity contribution < 1.29 is 8.42 Å². The van der Waals surface area contributed by atoms with Crippen molar-refractivity contribution in [2.75, 3.05) is 13.1 Å². The Hall–Kier alpha value is -2.17. The lowest BCUT2D eigenvalue weighted by molar-refractivity contribution is 0.445. The lowest BCUT2D eigenvalue weighted by Crippen LogP contribution is -2.30. The molecule has 31 heavy (non-hydrogen) atoms. The molecule has 1 aromatic carbocycles. The van der Waals surface area contributed by atoms with Gasteiger partial charge in [0.2, 0.25) is 10.0 Å². The topological polar surface area (TPSA) is 85.9 Å². The molecule has 0 saturated carbocycles. The molecule has 0 bridgehead atoms. The number of rotatable bonds is 10. The van der Waals surface area contributed by atoms with Crippen LogP contribution in [0.25, 0.3) is 11.4 Å². The largest absolute Gasteiger partial charge is 0.337 e. The average Bonchev–Trinajstić information content (AvgIpc) is 3.38. The van der Waals surface area contributed by atoms with E-state index in [0.717, 1.165) is 23.0 Å². The van der Waals surface area contributed by atoms with Crippen molar-refractivity contribution in [1.29, 1.82) is 0 Å². The van der Waals surface area contributed by atoms with Crippen LogP contribution >= 0.6 is 11.8 Å². The van der Waals surface area contributed by atoms with Crippen LogP contribution in [0, 0.1) is 0 Å². The number of imidazole rings is 1. The van der Waals surface area contributed by atoms with Gasteiger partial charge in [-0.15, -0.1) is 10.2 Å². The Morgan fingerprint density at radius 1 is 1.16 bits per heavy atom. The van der Waals surface area contributed by atoms with Gasteiger partial charge in [-0.1, -0.05) is 44.7 Å². The second kappa shape index (κ2) is 9.97. The van der Waals surface area contributed by atoms with Crippen LogP contribution in [0.5, 0.6) is 0 Å². The fourth-order valence-electron chi connectivity index (χ4n) is 3.33. The molecule has 0 N–H and O–H groups in total. The van der Waals surface area contributed by atoms with Crippen molar-refractivity contribution in [3.63, 3.8) is 0 Å². The van der Waals surface area contributed by atoms with Crippen LogP contribution < -0.4 is 0 Å².